The van der Waals surface area contributed by atoms with E-state index in [1.807, 2.05) is 0 Å². The zero-order chi connectivity index (χ0) is 11.6. The van der Waals surface area contributed by atoms with Gasteiger partial charge >= 0.3 is 11.8 Å². The number of carbonyl (C=O) groups excluding carboxylic acids is 1. The molecular formula is C8H11N3O4. The Hall–Kier alpha value is -1.92. The van der Waals surface area contributed by atoms with Crippen molar-refractivity contribution in [2.75, 3.05) is 7.11 Å². The number of ether oxygens (including phenoxy) is 1. The summed E-state index contributed by atoms with van der Waals surface area (Å²) in [4.78, 5) is 21.0. The van der Waals surface area contributed by atoms with Crippen molar-refractivity contribution in [1.82, 2.24) is 9.78 Å². The normalized spacial score (nSPS) is 12.2. The molecule has 0 radical (unpaired) electrons. The zero-order valence-corrected chi connectivity index (χ0v) is 8.63. The summed E-state index contributed by atoms with van der Waals surface area (Å²) in [7, 11) is 1.26. The molecule has 0 aliphatic rings. The number of methoxy groups -OCH3 is 1. The Morgan fingerprint density at radius 2 is 2.33 bits per heavy atom. The number of aryl methyl sites for hydroxylation is 1. The zero-order valence-electron chi connectivity index (χ0n) is 8.63. The lowest BCUT2D eigenvalue weighted by Gasteiger charge is -2.06. The predicted octanol–water partition coefficient (Wildman–Crippen LogP) is 0.834. The third kappa shape index (κ3) is 2.12. The minimum absolute atomic E-state index is 0.275. The summed E-state index contributed by atoms with van der Waals surface area (Å²) < 4.78 is 5.79. The van der Waals surface area contributed by atoms with Gasteiger partial charge in [0.05, 0.1) is 24.0 Å². The van der Waals surface area contributed by atoms with Crippen LogP contribution in [0, 0.1) is 17.0 Å². The van der Waals surface area contributed by atoms with Crippen molar-refractivity contribution in [3.05, 3.63) is 21.9 Å². The number of carbonyl (C=O) groups is 1. The second kappa shape index (κ2) is 4.07. The van der Waals surface area contributed by atoms with Gasteiger partial charge in [0.2, 0.25) is 0 Å². The van der Waals surface area contributed by atoms with Crippen molar-refractivity contribution >= 4 is 11.8 Å². The van der Waals surface area contributed by atoms with Crippen molar-refractivity contribution in [1.29, 1.82) is 0 Å². The number of hydrogen-bond donors (Lipinski definition) is 0. The summed E-state index contributed by atoms with van der Waals surface area (Å²) in [6.07, 6.45) is 0. The molecule has 0 aromatic carbocycles. The molecule has 1 aromatic rings. The fraction of sp³-hybridized carbons (Fsp3) is 0.500. The number of rotatable bonds is 3. The summed E-state index contributed by atoms with van der Waals surface area (Å²) in [5.74, 6) is -0.764. The van der Waals surface area contributed by atoms with Crippen molar-refractivity contribution in [3.63, 3.8) is 0 Å². The average molecular weight is 213 g/mol. The first-order valence-corrected chi connectivity index (χ1v) is 4.25. The third-order valence-electron chi connectivity index (χ3n) is 2.01. The van der Waals surface area contributed by atoms with Crippen LogP contribution >= 0.6 is 0 Å². The largest absolute Gasteiger partial charge is 0.467 e. The highest BCUT2D eigenvalue weighted by Gasteiger charge is 2.24. The summed E-state index contributed by atoms with van der Waals surface area (Å²) in [5.41, 5.74) is 0.541. The van der Waals surface area contributed by atoms with Crippen molar-refractivity contribution < 1.29 is 14.5 Å². The maximum atomic E-state index is 11.2. The molecule has 0 unspecified atom stereocenters. The maximum absolute atomic E-state index is 11.2. The standard InChI is InChI=1S/C8H11N3O4/c1-5-4-7(11(13)14)9-10(5)6(2)8(12)15-3/h4,6H,1-3H3/t6-/m0/s1. The van der Waals surface area contributed by atoms with E-state index in [0.29, 0.717) is 5.69 Å². The molecule has 7 nitrogen and oxygen atoms in total. The molecule has 82 valence electrons. The van der Waals surface area contributed by atoms with Crippen LogP contribution in [0.3, 0.4) is 0 Å². The Kier molecular flexibility index (Phi) is 3.03. The molecule has 0 saturated carbocycles. The highest BCUT2D eigenvalue weighted by Crippen LogP contribution is 2.16. The summed E-state index contributed by atoms with van der Waals surface area (Å²) in [6, 6.07) is 0.642. The first-order valence-electron chi connectivity index (χ1n) is 4.25. The maximum Gasteiger partial charge on any atom is 0.390 e. The van der Waals surface area contributed by atoms with Crippen LogP contribution in [-0.4, -0.2) is 27.8 Å². The second-order valence-electron chi connectivity index (χ2n) is 3.04. The van der Waals surface area contributed by atoms with Crippen molar-refractivity contribution in [2.45, 2.75) is 19.9 Å². The molecule has 1 heterocycles. The van der Waals surface area contributed by atoms with Gasteiger partial charge in [-0.15, -0.1) is 0 Å². The van der Waals surface area contributed by atoms with Gasteiger partial charge in [0, 0.05) is 0 Å². The van der Waals surface area contributed by atoms with E-state index in [0.717, 1.165) is 0 Å². The van der Waals surface area contributed by atoms with Crippen LogP contribution in [0.2, 0.25) is 0 Å². The fourth-order valence-electron chi connectivity index (χ4n) is 1.22. The Morgan fingerprint density at radius 1 is 1.73 bits per heavy atom. The molecule has 0 amide bonds. The van der Waals surface area contributed by atoms with Crippen LogP contribution < -0.4 is 0 Å². The molecule has 1 atom stereocenters. The molecule has 0 spiro atoms. The minimum atomic E-state index is -0.663. The van der Waals surface area contributed by atoms with Crippen LogP contribution in [0.4, 0.5) is 5.82 Å². The fourth-order valence-corrected chi connectivity index (χ4v) is 1.22. The highest BCUT2D eigenvalue weighted by molar-refractivity contribution is 5.73. The van der Waals surface area contributed by atoms with Gasteiger partial charge in [0.1, 0.15) is 0 Å². The Balaban J connectivity index is 3.04. The van der Waals surface area contributed by atoms with Gasteiger partial charge in [0.15, 0.2) is 6.04 Å². The molecule has 1 aromatic heterocycles. The summed E-state index contributed by atoms with van der Waals surface area (Å²) >= 11 is 0. The van der Waals surface area contributed by atoms with E-state index in [-0.39, 0.29) is 5.82 Å². The van der Waals surface area contributed by atoms with Gasteiger partial charge in [-0.1, -0.05) is 0 Å². The predicted molar refractivity (Wildman–Crippen MR) is 50.3 cm³/mol. The lowest BCUT2D eigenvalue weighted by Crippen LogP contribution is -2.19. The quantitative estimate of drug-likeness (QED) is 0.421. The minimum Gasteiger partial charge on any atom is -0.467 e. The summed E-state index contributed by atoms with van der Waals surface area (Å²) in [5, 5.41) is 14.1. The Morgan fingerprint density at radius 3 is 2.73 bits per heavy atom. The van der Waals surface area contributed by atoms with Crippen LogP contribution in [-0.2, 0) is 9.53 Å². The molecule has 0 saturated heterocycles. The number of esters is 1. The van der Waals surface area contributed by atoms with Crippen molar-refractivity contribution in [2.24, 2.45) is 0 Å². The topological polar surface area (TPSA) is 87.3 Å². The van der Waals surface area contributed by atoms with Crippen LogP contribution in [0.1, 0.15) is 18.7 Å². The van der Waals surface area contributed by atoms with E-state index >= 15 is 0 Å². The van der Waals surface area contributed by atoms with E-state index in [1.54, 1.807) is 13.8 Å². The van der Waals surface area contributed by atoms with Gasteiger partial charge in [-0.3, -0.25) is 0 Å². The molecule has 7 heteroatoms. The SMILES string of the molecule is COC(=O)[C@H](C)n1nc([N+](=O)[O-])cc1C. The number of hydrogen-bond acceptors (Lipinski definition) is 5. The first-order chi connectivity index (χ1) is 6.97. The molecule has 1 rings (SSSR count). The van der Waals surface area contributed by atoms with E-state index < -0.39 is 16.9 Å². The monoisotopic (exact) mass is 213 g/mol. The van der Waals surface area contributed by atoms with Crippen molar-refractivity contribution in [3.8, 4) is 0 Å². The Bertz CT molecular complexity index is 399. The molecule has 0 N–H and O–H groups in total. The number of nitro groups is 1. The molecule has 0 bridgehead atoms. The molecule has 0 aliphatic carbocycles. The summed E-state index contributed by atoms with van der Waals surface area (Å²) in [6.45, 7) is 3.20. The lowest BCUT2D eigenvalue weighted by atomic mass is 10.3. The van der Waals surface area contributed by atoms with Crippen LogP contribution in [0.15, 0.2) is 6.07 Å². The second-order valence-corrected chi connectivity index (χ2v) is 3.04. The van der Waals surface area contributed by atoms with E-state index in [1.165, 1.54) is 17.9 Å². The highest BCUT2D eigenvalue weighted by atomic mass is 16.6. The number of aromatic nitrogens is 2. The van der Waals surface area contributed by atoms with Crippen LogP contribution in [0.5, 0.6) is 0 Å². The molecule has 15 heavy (non-hydrogen) atoms. The number of nitrogens with zero attached hydrogens (tertiary/aromatic N) is 3. The smallest absolute Gasteiger partial charge is 0.390 e. The first kappa shape index (κ1) is 11.2. The molecule has 0 aliphatic heterocycles. The van der Waals surface area contributed by atoms with Gasteiger partial charge in [-0.05, 0) is 18.8 Å². The third-order valence-corrected chi connectivity index (χ3v) is 2.01. The van der Waals surface area contributed by atoms with E-state index in [2.05, 4.69) is 9.84 Å². The van der Waals surface area contributed by atoms with Gasteiger partial charge in [0.25, 0.3) is 0 Å². The van der Waals surface area contributed by atoms with Crippen LogP contribution in [0.25, 0.3) is 0 Å². The van der Waals surface area contributed by atoms with E-state index in [4.69, 9.17) is 0 Å². The van der Waals surface area contributed by atoms with E-state index in [9.17, 15) is 14.9 Å². The Labute approximate surface area is 85.8 Å². The van der Waals surface area contributed by atoms with Gasteiger partial charge < -0.3 is 14.9 Å². The van der Waals surface area contributed by atoms with Gasteiger partial charge in [-0.25, -0.2) is 4.79 Å². The van der Waals surface area contributed by atoms with Gasteiger partial charge in [-0.2, -0.15) is 4.68 Å². The lowest BCUT2D eigenvalue weighted by molar-refractivity contribution is -0.389. The average Bonchev–Trinajstić information content (AvgIpc) is 2.58. The molecule has 0 fully saturated rings. The molecular weight excluding hydrogens is 202 g/mol.